The predicted molar refractivity (Wildman–Crippen MR) is 107 cm³/mol. The predicted octanol–water partition coefficient (Wildman–Crippen LogP) is 6.82. The normalized spacial score (nSPS) is 18.6. The molecule has 0 amide bonds. The van der Waals surface area contributed by atoms with Crippen molar-refractivity contribution in [2.75, 3.05) is 0 Å². The standard InChI is InChI=1S/C24H28/c1-6-9-22-17-23(15-14-21(22)7-2)24(8-3)19(5)16-20-12-10-18(4)11-13-20/h6-13,17H,1,5,14-16H2,2-4H3/b21-7-,22-9-,24-8-. The van der Waals surface area contributed by atoms with Crippen LogP contribution in [0.3, 0.4) is 0 Å². The number of hydrogen-bond acceptors (Lipinski definition) is 0. The molecule has 0 unspecified atom stereocenters. The Morgan fingerprint density at radius 1 is 1.12 bits per heavy atom. The summed E-state index contributed by atoms with van der Waals surface area (Å²) in [5.41, 5.74) is 9.15. The zero-order chi connectivity index (χ0) is 17.5. The molecular formula is C24H28. The fraction of sp³-hybridized carbons (Fsp3) is 0.250. The number of aryl methyl sites for hydroxylation is 1. The lowest BCUT2D eigenvalue weighted by molar-refractivity contribution is 0.908. The van der Waals surface area contributed by atoms with E-state index in [2.05, 4.69) is 82.5 Å². The molecule has 0 radical (unpaired) electrons. The first kappa shape index (κ1) is 18.0. The van der Waals surface area contributed by atoms with E-state index in [-0.39, 0.29) is 0 Å². The van der Waals surface area contributed by atoms with Gasteiger partial charge in [-0.25, -0.2) is 0 Å². The Morgan fingerprint density at radius 2 is 1.83 bits per heavy atom. The second-order valence-electron chi connectivity index (χ2n) is 6.31. The maximum atomic E-state index is 4.37. The fourth-order valence-electron chi connectivity index (χ4n) is 3.24. The minimum atomic E-state index is 0.897. The quantitative estimate of drug-likeness (QED) is 0.523. The smallest absolute Gasteiger partial charge is 0.00257 e. The largest absolute Gasteiger partial charge is 0.0990 e. The van der Waals surface area contributed by atoms with Crippen LogP contribution < -0.4 is 0 Å². The molecule has 0 saturated heterocycles. The van der Waals surface area contributed by atoms with Crippen LogP contribution >= 0.6 is 0 Å². The molecule has 1 aromatic rings. The molecule has 1 aliphatic rings. The first-order chi connectivity index (χ1) is 11.6. The van der Waals surface area contributed by atoms with Crippen LogP contribution in [0.4, 0.5) is 0 Å². The first-order valence-electron chi connectivity index (χ1n) is 8.68. The summed E-state index contributed by atoms with van der Waals surface area (Å²) in [5, 5.41) is 0. The highest BCUT2D eigenvalue weighted by molar-refractivity contribution is 5.56. The molecule has 0 aliphatic heterocycles. The monoisotopic (exact) mass is 316 g/mol. The summed E-state index contributed by atoms with van der Waals surface area (Å²) >= 11 is 0. The molecule has 24 heavy (non-hydrogen) atoms. The molecule has 0 bridgehead atoms. The molecule has 1 aromatic carbocycles. The van der Waals surface area contributed by atoms with Crippen LogP contribution in [0.25, 0.3) is 0 Å². The molecule has 2 rings (SSSR count). The Hall–Kier alpha value is -2.34. The summed E-state index contributed by atoms with van der Waals surface area (Å²) in [4.78, 5) is 0. The van der Waals surface area contributed by atoms with Crippen molar-refractivity contribution in [1.82, 2.24) is 0 Å². The van der Waals surface area contributed by atoms with Crippen LogP contribution in [0.2, 0.25) is 0 Å². The highest BCUT2D eigenvalue weighted by Crippen LogP contribution is 2.34. The molecule has 0 saturated carbocycles. The third kappa shape index (κ3) is 4.35. The van der Waals surface area contributed by atoms with Crippen molar-refractivity contribution in [3.05, 3.63) is 107 Å². The molecular weight excluding hydrogens is 288 g/mol. The van der Waals surface area contributed by atoms with Crippen molar-refractivity contribution in [2.45, 2.75) is 40.0 Å². The van der Waals surface area contributed by atoms with Crippen molar-refractivity contribution >= 4 is 0 Å². The van der Waals surface area contributed by atoms with Gasteiger partial charge in [-0.1, -0.05) is 73.4 Å². The van der Waals surface area contributed by atoms with Gasteiger partial charge in [-0.3, -0.25) is 0 Å². The second-order valence-corrected chi connectivity index (χ2v) is 6.31. The van der Waals surface area contributed by atoms with E-state index < -0.39 is 0 Å². The first-order valence-corrected chi connectivity index (χ1v) is 8.68. The molecule has 0 N–H and O–H groups in total. The Balaban J connectivity index is 2.24. The van der Waals surface area contributed by atoms with Gasteiger partial charge in [0.2, 0.25) is 0 Å². The summed E-state index contributed by atoms with van der Waals surface area (Å²) < 4.78 is 0. The van der Waals surface area contributed by atoms with E-state index in [1.807, 2.05) is 6.08 Å². The van der Waals surface area contributed by atoms with Crippen LogP contribution in [-0.2, 0) is 6.42 Å². The van der Waals surface area contributed by atoms with Gasteiger partial charge in [-0.05, 0) is 73.5 Å². The van der Waals surface area contributed by atoms with Crippen molar-refractivity contribution in [2.24, 2.45) is 0 Å². The Morgan fingerprint density at radius 3 is 2.42 bits per heavy atom. The summed E-state index contributed by atoms with van der Waals surface area (Å²) in [6, 6.07) is 8.73. The lowest BCUT2D eigenvalue weighted by atomic mass is 9.83. The van der Waals surface area contributed by atoms with E-state index in [4.69, 9.17) is 0 Å². The average molecular weight is 316 g/mol. The van der Waals surface area contributed by atoms with E-state index in [1.54, 1.807) is 0 Å². The molecule has 0 spiro atoms. The van der Waals surface area contributed by atoms with Gasteiger partial charge in [-0.15, -0.1) is 0 Å². The van der Waals surface area contributed by atoms with Gasteiger partial charge in [0.15, 0.2) is 0 Å². The Labute approximate surface area is 147 Å². The summed E-state index contributed by atoms with van der Waals surface area (Å²) in [6.07, 6.45) is 13.7. The molecule has 0 heteroatoms. The summed E-state index contributed by atoms with van der Waals surface area (Å²) in [5.74, 6) is 0. The van der Waals surface area contributed by atoms with Crippen molar-refractivity contribution in [1.29, 1.82) is 0 Å². The molecule has 0 heterocycles. The van der Waals surface area contributed by atoms with Gasteiger partial charge in [0.05, 0.1) is 0 Å². The van der Waals surface area contributed by atoms with Gasteiger partial charge in [0.1, 0.15) is 0 Å². The van der Waals surface area contributed by atoms with Gasteiger partial charge < -0.3 is 0 Å². The summed E-state index contributed by atoms with van der Waals surface area (Å²) in [6.45, 7) is 14.6. The molecule has 124 valence electrons. The van der Waals surface area contributed by atoms with E-state index >= 15 is 0 Å². The van der Waals surface area contributed by atoms with Crippen LogP contribution in [0.15, 0.2) is 95.7 Å². The highest BCUT2D eigenvalue weighted by Gasteiger charge is 2.16. The van der Waals surface area contributed by atoms with E-state index in [9.17, 15) is 0 Å². The van der Waals surface area contributed by atoms with E-state index in [1.165, 1.54) is 39.0 Å². The number of allylic oxidation sites excluding steroid dienone is 10. The van der Waals surface area contributed by atoms with Crippen LogP contribution in [-0.4, -0.2) is 0 Å². The average Bonchev–Trinajstić information content (AvgIpc) is 2.58. The van der Waals surface area contributed by atoms with E-state index in [0.717, 1.165) is 19.3 Å². The third-order valence-corrected chi connectivity index (χ3v) is 4.56. The maximum Gasteiger partial charge on any atom is -0.00257 e. The minimum Gasteiger partial charge on any atom is -0.0990 e. The second kappa shape index (κ2) is 8.49. The molecule has 0 fully saturated rings. The Kier molecular flexibility index (Phi) is 6.37. The van der Waals surface area contributed by atoms with Gasteiger partial charge in [0, 0.05) is 0 Å². The zero-order valence-corrected chi connectivity index (χ0v) is 15.2. The zero-order valence-electron chi connectivity index (χ0n) is 15.2. The van der Waals surface area contributed by atoms with Crippen LogP contribution in [0.1, 0.15) is 37.8 Å². The number of benzene rings is 1. The van der Waals surface area contributed by atoms with Crippen molar-refractivity contribution < 1.29 is 0 Å². The SMILES string of the molecule is C=C/C=C1C=C(/C(=C\C)C(=C)Cc2ccc(C)cc2)CCC/1=C/C. The lowest BCUT2D eigenvalue weighted by Gasteiger charge is -2.22. The molecule has 0 nitrogen and oxygen atoms in total. The maximum absolute atomic E-state index is 4.37. The van der Waals surface area contributed by atoms with Gasteiger partial charge in [-0.2, -0.15) is 0 Å². The molecule has 0 atom stereocenters. The highest BCUT2D eigenvalue weighted by atomic mass is 14.2. The van der Waals surface area contributed by atoms with E-state index in [0.29, 0.717) is 0 Å². The van der Waals surface area contributed by atoms with Crippen molar-refractivity contribution in [3.8, 4) is 0 Å². The van der Waals surface area contributed by atoms with Crippen molar-refractivity contribution in [3.63, 3.8) is 0 Å². The minimum absolute atomic E-state index is 0.897. The number of hydrogen-bond donors (Lipinski definition) is 0. The topological polar surface area (TPSA) is 0 Å². The van der Waals surface area contributed by atoms with Gasteiger partial charge >= 0.3 is 0 Å². The summed E-state index contributed by atoms with van der Waals surface area (Å²) in [7, 11) is 0. The fourth-order valence-corrected chi connectivity index (χ4v) is 3.24. The molecule has 0 aromatic heterocycles. The lowest BCUT2D eigenvalue weighted by Crippen LogP contribution is -2.04. The Bertz CT molecular complexity index is 731. The van der Waals surface area contributed by atoms with Gasteiger partial charge in [0.25, 0.3) is 0 Å². The van der Waals surface area contributed by atoms with Crippen LogP contribution in [0.5, 0.6) is 0 Å². The number of rotatable bonds is 5. The molecule has 1 aliphatic carbocycles. The van der Waals surface area contributed by atoms with Crippen LogP contribution in [0, 0.1) is 6.92 Å². The third-order valence-electron chi connectivity index (χ3n) is 4.56.